The Kier molecular flexibility index (Phi) is 48.5. The molecule has 0 aliphatic heterocycles. The summed E-state index contributed by atoms with van der Waals surface area (Å²) in [7, 11) is -4.52. The van der Waals surface area contributed by atoms with Crippen LogP contribution in [0.15, 0.2) is 0 Å². The van der Waals surface area contributed by atoms with E-state index in [0.717, 1.165) is 32.1 Å². The van der Waals surface area contributed by atoms with Gasteiger partial charge in [0.2, 0.25) is 0 Å². The van der Waals surface area contributed by atoms with E-state index in [9.17, 15) is 19.4 Å². The topological polar surface area (TPSA) is 132 Å². The second-order valence-electron chi connectivity index (χ2n) is 18.3. The molecule has 0 rings (SSSR count). The van der Waals surface area contributed by atoms with Crippen LogP contribution in [-0.4, -0.2) is 66.3 Å². The highest BCUT2D eigenvalue weighted by atomic mass is 31.2. The number of aliphatic hydroxyl groups is 2. The zero-order chi connectivity index (χ0) is 44.6. The van der Waals surface area contributed by atoms with Crippen LogP contribution in [0.4, 0.5) is 0 Å². The third-order valence-corrected chi connectivity index (χ3v) is 13.0. The van der Waals surface area contributed by atoms with Crippen molar-refractivity contribution in [1.82, 2.24) is 0 Å². The molecule has 9 nitrogen and oxygen atoms in total. The van der Waals surface area contributed by atoms with Crippen LogP contribution in [0.25, 0.3) is 0 Å². The van der Waals surface area contributed by atoms with E-state index in [0.29, 0.717) is 6.61 Å². The number of phosphoric ester groups is 1. The van der Waals surface area contributed by atoms with Gasteiger partial charge in [-0.3, -0.25) is 13.8 Å². The summed E-state index contributed by atoms with van der Waals surface area (Å²) in [6.45, 7) is 3.61. The van der Waals surface area contributed by atoms with E-state index >= 15 is 0 Å². The Morgan fingerprint density at radius 2 is 0.738 bits per heavy atom. The van der Waals surface area contributed by atoms with Gasteiger partial charge in [0.05, 0.1) is 26.4 Å². The molecule has 0 bridgehead atoms. The Labute approximate surface area is 378 Å². The minimum Gasteiger partial charge on any atom is -0.457 e. The van der Waals surface area contributed by atoms with Crippen LogP contribution in [0.1, 0.15) is 277 Å². The van der Waals surface area contributed by atoms with Gasteiger partial charge in [0.25, 0.3) is 0 Å². The van der Waals surface area contributed by atoms with Gasteiger partial charge in [-0.1, -0.05) is 258 Å². The van der Waals surface area contributed by atoms with Crippen molar-refractivity contribution < 1.29 is 43.0 Å². The Bertz CT molecular complexity index is 922. The van der Waals surface area contributed by atoms with Gasteiger partial charge in [0, 0.05) is 13.0 Å². The molecule has 3 atom stereocenters. The predicted octanol–water partition coefficient (Wildman–Crippen LogP) is 15.4. The quantitative estimate of drug-likeness (QED) is 0.0310. The molecule has 0 aliphatic carbocycles. The number of carbonyl (C=O) groups is 1. The van der Waals surface area contributed by atoms with Gasteiger partial charge in [-0.05, 0) is 12.8 Å². The van der Waals surface area contributed by atoms with Gasteiger partial charge in [-0.25, -0.2) is 4.57 Å². The van der Waals surface area contributed by atoms with Gasteiger partial charge in [-0.15, -0.1) is 0 Å². The molecule has 0 heterocycles. The molecule has 0 aliphatic rings. The molecule has 0 aromatic heterocycles. The average Bonchev–Trinajstić information content (AvgIpc) is 3.25. The van der Waals surface area contributed by atoms with Crippen LogP contribution in [0.3, 0.4) is 0 Å². The van der Waals surface area contributed by atoms with Gasteiger partial charge in [-0.2, -0.15) is 0 Å². The van der Waals surface area contributed by atoms with Gasteiger partial charge >= 0.3 is 13.8 Å². The molecule has 0 saturated carbocycles. The molecule has 0 saturated heterocycles. The Hall–Kier alpha value is -0.540. The van der Waals surface area contributed by atoms with Crippen molar-refractivity contribution >= 4 is 13.8 Å². The molecule has 0 amide bonds. The highest BCUT2D eigenvalue weighted by molar-refractivity contribution is 7.47. The molecule has 10 heteroatoms. The van der Waals surface area contributed by atoms with E-state index < -0.39 is 33.2 Å². The molecular weight excluding hydrogens is 788 g/mol. The number of carbonyl (C=O) groups excluding carboxylic acids is 1. The van der Waals surface area contributed by atoms with E-state index in [1.54, 1.807) is 0 Å². The molecule has 0 aromatic rings. The highest BCUT2D eigenvalue weighted by Gasteiger charge is 2.26. The van der Waals surface area contributed by atoms with Gasteiger partial charge in [0.15, 0.2) is 0 Å². The van der Waals surface area contributed by atoms with E-state index in [-0.39, 0.29) is 25.6 Å². The zero-order valence-electron chi connectivity index (χ0n) is 40.4. The summed E-state index contributed by atoms with van der Waals surface area (Å²) in [5.74, 6) is -0.373. The van der Waals surface area contributed by atoms with Crippen molar-refractivity contribution in [3.63, 3.8) is 0 Å². The van der Waals surface area contributed by atoms with E-state index in [2.05, 4.69) is 13.8 Å². The number of rotatable bonds is 52. The van der Waals surface area contributed by atoms with Crippen LogP contribution >= 0.6 is 7.82 Å². The predicted molar refractivity (Wildman–Crippen MR) is 256 cm³/mol. The van der Waals surface area contributed by atoms with Crippen molar-refractivity contribution in [2.45, 2.75) is 289 Å². The summed E-state index contributed by atoms with van der Waals surface area (Å²) in [4.78, 5) is 22.7. The number of esters is 1. The summed E-state index contributed by atoms with van der Waals surface area (Å²) in [5, 5.41) is 18.4. The third-order valence-electron chi connectivity index (χ3n) is 12.0. The summed E-state index contributed by atoms with van der Waals surface area (Å²) >= 11 is 0. The first-order valence-electron chi connectivity index (χ1n) is 26.5. The SMILES string of the molecule is CCCCCCCCCCCCCCCCCCCCCCCCCOCC(COP(=O)(O)OCC(O)CO)OC(=O)CCCCCCCCCCCCCCCCCCC. The fraction of sp³-hybridized carbons (Fsp3) is 0.980. The molecule has 0 spiro atoms. The van der Waals surface area contributed by atoms with Crippen molar-refractivity contribution in [3.8, 4) is 0 Å². The van der Waals surface area contributed by atoms with Crippen LogP contribution in [0, 0.1) is 0 Å². The first kappa shape index (κ1) is 60.5. The van der Waals surface area contributed by atoms with Crippen LogP contribution in [0.2, 0.25) is 0 Å². The lowest BCUT2D eigenvalue weighted by Crippen LogP contribution is -2.29. The van der Waals surface area contributed by atoms with Crippen molar-refractivity contribution in [1.29, 1.82) is 0 Å². The monoisotopic (exact) mass is 891 g/mol. The Balaban J connectivity index is 3.97. The molecule has 3 N–H and O–H groups in total. The minimum absolute atomic E-state index is 0.0589. The van der Waals surface area contributed by atoms with E-state index in [1.807, 2.05) is 0 Å². The molecule has 3 unspecified atom stereocenters. The summed E-state index contributed by atoms with van der Waals surface area (Å²) in [5.41, 5.74) is 0. The van der Waals surface area contributed by atoms with Crippen LogP contribution in [0.5, 0.6) is 0 Å². The maximum Gasteiger partial charge on any atom is 0.472 e. The summed E-state index contributed by atoms with van der Waals surface area (Å²) < 4.78 is 33.6. The Morgan fingerprint density at radius 3 is 1.07 bits per heavy atom. The molecule has 0 radical (unpaired) electrons. The lowest BCUT2D eigenvalue weighted by Gasteiger charge is -2.20. The fourth-order valence-corrected chi connectivity index (χ4v) is 8.80. The van der Waals surface area contributed by atoms with Crippen molar-refractivity contribution in [2.24, 2.45) is 0 Å². The number of aliphatic hydroxyl groups excluding tert-OH is 2. The van der Waals surface area contributed by atoms with Crippen LogP contribution in [-0.2, 0) is 27.9 Å². The minimum atomic E-state index is -4.52. The van der Waals surface area contributed by atoms with E-state index in [1.165, 1.54) is 225 Å². The summed E-state index contributed by atoms with van der Waals surface area (Å²) in [6.07, 6.45) is 50.8. The maximum absolute atomic E-state index is 12.7. The van der Waals surface area contributed by atoms with Crippen molar-refractivity contribution in [2.75, 3.05) is 33.0 Å². The Morgan fingerprint density at radius 1 is 0.443 bits per heavy atom. The zero-order valence-corrected chi connectivity index (χ0v) is 41.3. The molecule has 0 fully saturated rings. The second kappa shape index (κ2) is 48.9. The first-order chi connectivity index (χ1) is 29.8. The number of hydrogen-bond acceptors (Lipinski definition) is 8. The highest BCUT2D eigenvalue weighted by Crippen LogP contribution is 2.43. The number of phosphoric acid groups is 1. The average molecular weight is 891 g/mol. The largest absolute Gasteiger partial charge is 0.472 e. The molecule has 366 valence electrons. The van der Waals surface area contributed by atoms with Crippen molar-refractivity contribution in [3.05, 3.63) is 0 Å². The second-order valence-corrected chi connectivity index (χ2v) is 19.7. The smallest absolute Gasteiger partial charge is 0.457 e. The normalized spacial score (nSPS) is 13.7. The lowest BCUT2D eigenvalue weighted by atomic mass is 10.0. The third kappa shape index (κ3) is 48.7. The van der Waals surface area contributed by atoms with Crippen LogP contribution < -0.4 is 0 Å². The first-order valence-corrected chi connectivity index (χ1v) is 28.0. The number of ether oxygens (including phenoxy) is 2. The molecule has 61 heavy (non-hydrogen) atoms. The van der Waals surface area contributed by atoms with E-state index in [4.69, 9.17) is 23.6 Å². The molecular formula is C51H103O9P. The molecule has 0 aromatic carbocycles. The van der Waals surface area contributed by atoms with Gasteiger partial charge in [0.1, 0.15) is 12.2 Å². The summed E-state index contributed by atoms with van der Waals surface area (Å²) in [6, 6.07) is 0. The van der Waals surface area contributed by atoms with Gasteiger partial charge < -0.3 is 24.6 Å². The number of hydrogen-bond donors (Lipinski definition) is 3. The maximum atomic E-state index is 12.7. The number of unbranched alkanes of at least 4 members (excludes halogenated alkanes) is 38. The fourth-order valence-electron chi connectivity index (χ4n) is 8.01. The lowest BCUT2D eigenvalue weighted by molar-refractivity contribution is -0.154. The standard InChI is InChI=1S/C51H103O9P/c1-3-5-7-9-11-13-15-17-19-21-22-23-24-25-26-28-30-32-34-36-38-40-42-44-57-47-50(48-59-61(55,56)58-46-49(53)45-52)60-51(54)43-41-39-37-35-33-31-29-27-20-18-16-14-12-10-8-6-4-2/h49-50,52-53H,3-48H2,1-2H3,(H,55,56).